The number of carboxylic acids is 4. The predicted molar refractivity (Wildman–Crippen MR) is 126 cm³/mol. The average Bonchev–Trinajstić information content (AvgIpc) is 3.56. The van der Waals surface area contributed by atoms with Crippen molar-refractivity contribution in [1.82, 2.24) is 19.9 Å². The number of fused-ring (bicyclic) bond motifs is 8. The van der Waals surface area contributed by atoms with Crippen molar-refractivity contribution in [2.24, 2.45) is 0 Å². The number of carboxylic acid groups (broad SMARTS) is 4. The van der Waals surface area contributed by atoms with Crippen molar-refractivity contribution >= 4 is 69.7 Å². The van der Waals surface area contributed by atoms with E-state index in [0.29, 0.717) is 16.7 Å². The van der Waals surface area contributed by atoms with E-state index in [9.17, 15) is 39.6 Å². The quantitative estimate of drug-likeness (QED) is 0.207. The third-order valence-corrected chi connectivity index (χ3v) is 5.49. The summed E-state index contributed by atoms with van der Waals surface area (Å²) in [5.74, 6) is -6.57. The normalized spacial score (nSPS) is 11.9. The molecule has 0 atom stereocenters. The molecule has 0 radical (unpaired) electrons. The zero-order valence-electron chi connectivity index (χ0n) is 18.3. The number of H-pyrrole nitrogens is 2. The van der Waals surface area contributed by atoms with Crippen molar-refractivity contribution in [2.75, 3.05) is 0 Å². The van der Waals surface area contributed by atoms with E-state index < -0.39 is 57.4 Å². The Bertz CT molecular complexity index is 1760. The summed E-state index contributed by atoms with van der Waals surface area (Å²) in [5, 5.41) is 39.4. The molecule has 3 aromatic rings. The largest absolute Gasteiger partial charge is 0.478 e. The molecular formula is C24H14N4NiO8. The van der Waals surface area contributed by atoms with Crippen molar-refractivity contribution in [3.05, 3.63) is 69.8 Å². The fourth-order valence-electron chi connectivity index (χ4n) is 4.06. The Kier molecular flexibility index (Phi) is 6.24. The molecule has 5 heterocycles. The molecule has 0 aliphatic carbocycles. The van der Waals surface area contributed by atoms with Gasteiger partial charge in [-0.25, -0.2) is 29.1 Å². The minimum atomic E-state index is -1.73. The second kappa shape index (κ2) is 9.21. The summed E-state index contributed by atoms with van der Waals surface area (Å²) < 4.78 is 0. The summed E-state index contributed by atoms with van der Waals surface area (Å²) in [7, 11) is 0. The number of hydrogen-bond donors (Lipinski definition) is 6. The van der Waals surface area contributed by atoms with E-state index in [1.807, 2.05) is 0 Å². The van der Waals surface area contributed by atoms with Gasteiger partial charge in [-0.05, 0) is 48.6 Å². The summed E-state index contributed by atoms with van der Waals surface area (Å²) in [5.41, 5.74) is -2.19. The van der Waals surface area contributed by atoms with Crippen molar-refractivity contribution in [3.63, 3.8) is 0 Å². The van der Waals surface area contributed by atoms with E-state index in [1.165, 1.54) is 12.1 Å². The first-order valence-corrected chi connectivity index (χ1v) is 10.2. The Morgan fingerprint density at radius 3 is 1.78 bits per heavy atom. The van der Waals surface area contributed by atoms with Gasteiger partial charge in [-0.3, -0.25) is 0 Å². The fourth-order valence-corrected chi connectivity index (χ4v) is 4.06. The molecule has 13 heteroatoms. The molecule has 37 heavy (non-hydrogen) atoms. The summed E-state index contributed by atoms with van der Waals surface area (Å²) >= 11 is 0. The molecule has 2 aliphatic heterocycles. The van der Waals surface area contributed by atoms with Crippen LogP contribution in [0.2, 0.25) is 0 Å². The van der Waals surface area contributed by atoms with Gasteiger partial charge in [0.15, 0.2) is 0 Å². The SMILES string of the molecule is O=C(O)C1=Cc2cc3ccc(cc4nc(cc5[nH]c(c(C(=O)O)c1n2)c(C(=O)O)c5C(=O)O)C=C4)[nH]3.[Ni]. The second-order valence-corrected chi connectivity index (χ2v) is 7.80. The first-order valence-electron chi connectivity index (χ1n) is 10.2. The molecule has 8 bridgehead atoms. The van der Waals surface area contributed by atoms with E-state index in [-0.39, 0.29) is 33.4 Å². The monoisotopic (exact) mass is 544 g/mol. The number of nitrogens with zero attached hydrogens (tertiary/aromatic N) is 2. The van der Waals surface area contributed by atoms with E-state index in [4.69, 9.17) is 0 Å². The van der Waals surface area contributed by atoms with Gasteiger partial charge in [0, 0.05) is 27.5 Å². The van der Waals surface area contributed by atoms with Crippen LogP contribution in [0.4, 0.5) is 0 Å². The molecule has 0 saturated heterocycles. The van der Waals surface area contributed by atoms with Crippen LogP contribution in [-0.4, -0.2) is 64.2 Å². The number of aromatic nitrogens is 4. The minimum Gasteiger partial charge on any atom is -0.478 e. The van der Waals surface area contributed by atoms with Gasteiger partial charge < -0.3 is 30.4 Å². The molecule has 0 unspecified atom stereocenters. The molecule has 3 aromatic heterocycles. The van der Waals surface area contributed by atoms with Crippen LogP contribution in [0.15, 0.2) is 30.3 Å². The number of aliphatic carboxylic acids is 1. The smallest absolute Gasteiger partial charge is 0.340 e. The number of rotatable bonds is 4. The van der Waals surface area contributed by atoms with Crippen LogP contribution in [0.1, 0.15) is 53.8 Å². The number of aromatic carboxylic acids is 3. The number of carbonyl (C=O) groups is 4. The Morgan fingerprint density at radius 1 is 0.649 bits per heavy atom. The minimum absolute atomic E-state index is 0. The first-order chi connectivity index (χ1) is 17.1. The topological polar surface area (TPSA) is 207 Å². The molecule has 0 fully saturated rings. The first kappa shape index (κ1) is 25.1. The third kappa shape index (κ3) is 4.39. The summed E-state index contributed by atoms with van der Waals surface area (Å²) in [6.07, 6.45) is 4.37. The maximum atomic E-state index is 12.4. The van der Waals surface area contributed by atoms with Gasteiger partial charge in [0.05, 0.1) is 44.9 Å². The molecule has 5 rings (SSSR count). The molecule has 6 N–H and O–H groups in total. The Hall–Kier alpha value is -5.03. The summed E-state index contributed by atoms with van der Waals surface area (Å²) in [4.78, 5) is 62.7. The molecule has 0 amide bonds. The van der Waals surface area contributed by atoms with Crippen LogP contribution < -0.4 is 0 Å². The van der Waals surface area contributed by atoms with E-state index in [1.54, 1.807) is 30.4 Å². The van der Waals surface area contributed by atoms with Gasteiger partial charge in [-0.1, -0.05) is 0 Å². The van der Waals surface area contributed by atoms with Crippen LogP contribution >= 0.6 is 0 Å². The molecule has 0 saturated carbocycles. The maximum Gasteiger partial charge on any atom is 0.340 e. The van der Waals surface area contributed by atoms with E-state index in [2.05, 4.69) is 19.9 Å². The Labute approximate surface area is 215 Å². The van der Waals surface area contributed by atoms with Crippen molar-refractivity contribution in [1.29, 1.82) is 0 Å². The Morgan fingerprint density at radius 2 is 1.22 bits per heavy atom. The van der Waals surface area contributed by atoms with E-state index in [0.717, 1.165) is 6.08 Å². The number of aromatic amines is 2. The van der Waals surface area contributed by atoms with Gasteiger partial charge in [0.2, 0.25) is 0 Å². The van der Waals surface area contributed by atoms with Crippen LogP contribution in [0.25, 0.3) is 45.9 Å². The molecule has 188 valence electrons. The fraction of sp³-hybridized carbons (Fsp3) is 0. The van der Waals surface area contributed by atoms with Gasteiger partial charge >= 0.3 is 23.9 Å². The molecule has 0 aromatic carbocycles. The van der Waals surface area contributed by atoms with Crippen LogP contribution in [0, 0.1) is 0 Å². The predicted octanol–water partition coefficient (Wildman–Crippen LogP) is 3.20. The van der Waals surface area contributed by atoms with Crippen LogP contribution in [-0.2, 0) is 21.3 Å². The standard InChI is InChI=1S/C24H14N4O8.Ni/c29-21(30)14-7-13-6-11-2-1-9(25-11)5-10-3-4-12(26-10)8-15-16(22(31)32)17(23(33)34)20(28-15)18(24(35)36)19(14)27-13;/h1-8,25,28H,(H,29,30)(H,31,32)(H,33,34)(H,35,36);. The number of nitrogens with one attached hydrogen (secondary N) is 2. The maximum absolute atomic E-state index is 12.4. The molecule has 0 spiro atoms. The van der Waals surface area contributed by atoms with Crippen molar-refractivity contribution in [2.45, 2.75) is 0 Å². The van der Waals surface area contributed by atoms with Gasteiger partial charge in [-0.15, -0.1) is 0 Å². The van der Waals surface area contributed by atoms with Crippen LogP contribution in [0.5, 0.6) is 0 Å². The van der Waals surface area contributed by atoms with Gasteiger partial charge in [-0.2, -0.15) is 0 Å². The van der Waals surface area contributed by atoms with Crippen molar-refractivity contribution < 1.29 is 56.1 Å². The van der Waals surface area contributed by atoms with Gasteiger partial charge in [0.1, 0.15) is 11.1 Å². The second-order valence-electron chi connectivity index (χ2n) is 7.80. The zero-order valence-corrected chi connectivity index (χ0v) is 19.2. The average molecular weight is 545 g/mol. The van der Waals surface area contributed by atoms with E-state index >= 15 is 0 Å². The Balaban J connectivity index is 0.00000320. The third-order valence-electron chi connectivity index (χ3n) is 5.49. The summed E-state index contributed by atoms with van der Waals surface area (Å²) in [6.45, 7) is 0. The molecular weight excluding hydrogens is 531 g/mol. The van der Waals surface area contributed by atoms with Crippen molar-refractivity contribution in [3.8, 4) is 0 Å². The number of hydrogen-bond acceptors (Lipinski definition) is 6. The summed E-state index contributed by atoms with van der Waals surface area (Å²) in [6, 6.07) is 7.91. The van der Waals surface area contributed by atoms with Crippen LogP contribution in [0.3, 0.4) is 0 Å². The van der Waals surface area contributed by atoms with Gasteiger partial charge in [0.25, 0.3) is 0 Å². The molecule has 2 aliphatic rings. The molecule has 12 nitrogen and oxygen atoms in total. The zero-order chi connectivity index (χ0) is 25.7.